The molecule has 2 rings (SSSR count). The summed E-state index contributed by atoms with van der Waals surface area (Å²) in [6.45, 7) is 7.11. The zero-order valence-electron chi connectivity index (χ0n) is 12.1. The van der Waals surface area contributed by atoms with E-state index in [1.54, 1.807) is 23.1 Å². The lowest BCUT2D eigenvalue weighted by Gasteiger charge is -2.35. The Morgan fingerprint density at radius 2 is 2.10 bits per heavy atom. The predicted molar refractivity (Wildman–Crippen MR) is 75.0 cm³/mol. The number of piperazine rings is 1. The first kappa shape index (κ1) is 14.8. The number of nitrogens with zero attached hydrogens (tertiary/aromatic N) is 1. The molecule has 4 nitrogen and oxygen atoms in total. The molecule has 20 heavy (non-hydrogen) atoms. The van der Waals surface area contributed by atoms with E-state index in [0.717, 1.165) is 0 Å². The monoisotopic (exact) mass is 280 g/mol. The fourth-order valence-electron chi connectivity index (χ4n) is 2.21. The zero-order valence-corrected chi connectivity index (χ0v) is 12.1. The summed E-state index contributed by atoms with van der Waals surface area (Å²) in [5, 5.41) is 3.23. The van der Waals surface area contributed by atoms with E-state index in [0.29, 0.717) is 25.2 Å². The molecule has 1 aliphatic rings. The lowest BCUT2D eigenvalue weighted by molar-refractivity contribution is 0.0194. The fraction of sp³-hybridized carbons (Fsp3) is 0.533. The molecule has 0 unspecified atom stereocenters. The van der Waals surface area contributed by atoms with E-state index >= 15 is 0 Å². The summed E-state index contributed by atoms with van der Waals surface area (Å²) in [6, 6.07) is 6.44. The average molecular weight is 280 g/mol. The first-order valence-electron chi connectivity index (χ1n) is 6.82. The van der Waals surface area contributed by atoms with Crippen molar-refractivity contribution in [1.29, 1.82) is 0 Å². The van der Waals surface area contributed by atoms with Crippen molar-refractivity contribution in [2.45, 2.75) is 32.4 Å². The van der Waals surface area contributed by atoms with E-state index in [4.69, 9.17) is 4.74 Å². The van der Waals surface area contributed by atoms with Gasteiger partial charge in [0.1, 0.15) is 11.4 Å². The number of carbonyl (C=O) groups is 1. The van der Waals surface area contributed by atoms with E-state index < -0.39 is 5.60 Å². The molecule has 0 aliphatic carbocycles. The van der Waals surface area contributed by atoms with Crippen molar-refractivity contribution in [3.8, 4) is 0 Å². The number of hydrogen-bond donors (Lipinski definition) is 1. The Labute approximate surface area is 118 Å². The number of ether oxygens (including phenoxy) is 1. The normalized spacial score (nSPS) is 19.8. The van der Waals surface area contributed by atoms with Crippen LogP contribution < -0.4 is 5.32 Å². The van der Waals surface area contributed by atoms with Gasteiger partial charge in [-0.3, -0.25) is 0 Å². The molecule has 1 atom stereocenters. The standard InChI is InChI=1S/C15H21FN2O2/c1-15(2,3)20-14(19)18-9-8-17-13(10-18)11-6-4-5-7-12(11)16/h4-7,13,17H,8-10H2,1-3H3/t13-/m0/s1. The maximum absolute atomic E-state index is 13.8. The second kappa shape index (κ2) is 5.79. The maximum atomic E-state index is 13.8. The molecule has 1 fully saturated rings. The highest BCUT2D eigenvalue weighted by molar-refractivity contribution is 5.68. The van der Waals surface area contributed by atoms with Gasteiger partial charge < -0.3 is 15.0 Å². The van der Waals surface area contributed by atoms with E-state index in [9.17, 15) is 9.18 Å². The minimum absolute atomic E-state index is 0.197. The van der Waals surface area contributed by atoms with Crippen LogP contribution in [0.5, 0.6) is 0 Å². The molecule has 1 amide bonds. The van der Waals surface area contributed by atoms with Gasteiger partial charge in [-0.05, 0) is 26.8 Å². The third-order valence-corrected chi connectivity index (χ3v) is 3.11. The van der Waals surface area contributed by atoms with Gasteiger partial charge in [0.05, 0.1) is 6.04 Å². The Balaban J connectivity index is 2.06. The van der Waals surface area contributed by atoms with Crippen LogP contribution in [0.4, 0.5) is 9.18 Å². The van der Waals surface area contributed by atoms with Gasteiger partial charge in [-0.1, -0.05) is 18.2 Å². The van der Waals surface area contributed by atoms with Gasteiger partial charge in [-0.2, -0.15) is 0 Å². The molecule has 5 heteroatoms. The molecule has 0 saturated carbocycles. The Hall–Kier alpha value is -1.62. The number of halogens is 1. The van der Waals surface area contributed by atoms with Crippen LogP contribution in [0.2, 0.25) is 0 Å². The van der Waals surface area contributed by atoms with Gasteiger partial charge in [0.15, 0.2) is 0 Å². The first-order valence-corrected chi connectivity index (χ1v) is 6.82. The third kappa shape index (κ3) is 3.70. The van der Waals surface area contributed by atoms with E-state index in [2.05, 4.69) is 5.32 Å². The molecule has 0 aromatic heterocycles. The molecule has 1 aliphatic heterocycles. The molecule has 110 valence electrons. The highest BCUT2D eigenvalue weighted by Crippen LogP contribution is 2.21. The average Bonchev–Trinajstić information content (AvgIpc) is 2.37. The van der Waals surface area contributed by atoms with Crippen LogP contribution in [0.3, 0.4) is 0 Å². The van der Waals surface area contributed by atoms with Crippen LogP contribution in [0.15, 0.2) is 24.3 Å². The SMILES string of the molecule is CC(C)(C)OC(=O)N1CCN[C@H](c2ccccc2F)C1. The minimum atomic E-state index is -0.518. The molecule has 0 bridgehead atoms. The van der Waals surface area contributed by atoms with Gasteiger partial charge in [0.2, 0.25) is 0 Å². The molecule has 1 aromatic carbocycles. The van der Waals surface area contributed by atoms with Gasteiger partial charge in [0, 0.05) is 25.2 Å². The summed E-state index contributed by atoms with van der Waals surface area (Å²) >= 11 is 0. The highest BCUT2D eigenvalue weighted by atomic mass is 19.1. The topological polar surface area (TPSA) is 41.6 Å². The van der Waals surface area contributed by atoms with Crippen molar-refractivity contribution < 1.29 is 13.9 Å². The van der Waals surface area contributed by atoms with Gasteiger partial charge >= 0.3 is 6.09 Å². The number of benzene rings is 1. The quantitative estimate of drug-likeness (QED) is 0.860. The summed E-state index contributed by atoms with van der Waals surface area (Å²) in [7, 11) is 0. The predicted octanol–water partition coefficient (Wildman–Crippen LogP) is 2.71. The number of amides is 1. The Bertz CT molecular complexity index is 485. The maximum Gasteiger partial charge on any atom is 0.410 e. The number of hydrogen-bond acceptors (Lipinski definition) is 3. The van der Waals surface area contributed by atoms with Crippen molar-refractivity contribution in [2.24, 2.45) is 0 Å². The van der Waals surface area contributed by atoms with E-state index in [1.165, 1.54) is 6.07 Å². The van der Waals surface area contributed by atoms with Gasteiger partial charge in [0.25, 0.3) is 0 Å². The van der Waals surface area contributed by atoms with Crippen LogP contribution in [-0.4, -0.2) is 36.2 Å². The lowest BCUT2D eigenvalue weighted by atomic mass is 10.0. The van der Waals surface area contributed by atoms with Crippen molar-refractivity contribution in [3.05, 3.63) is 35.6 Å². The molecular weight excluding hydrogens is 259 g/mol. The second-order valence-electron chi connectivity index (χ2n) is 5.95. The zero-order chi connectivity index (χ0) is 14.8. The lowest BCUT2D eigenvalue weighted by Crippen LogP contribution is -2.49. The van der Waals surface area contributed by atoms with E-state index in [1.807, 2.05) is 20.8 Å². The summed E-state index contributed by atoms with van der Waals surface area (Å²) in [5.74, 6) is -0.254. The fourth-order valence-corrected chi connectivity index (χ4v) is 2.21. The Morgan fingerprint density at radius 3 is 2.75 bits per heavy atom. The van der Waals surface area contributed by atoms with Crippen molar-refractivity contribution in [1.82, 2.24) is 10.2 Å². The first-order chi connectivity index (χ1) is 9.37. The number of rotatable bonds is 1. The summed E-state index contributed by atoms with van der Waals surface area (Å²) in [4.78, 5) is 13.7. The van der Waals surface area contributed by atoms with Crippen LogP contribution in [0.1, 0.15) is 32.4 Å². The molecule has 1 aromatic rings. The summed E-state index contributed by atoms with van der Waals surface area (Å²) in [6.07, 6.45) is -0.347. The van der Waals surface area contributed by atoms with Crippen molar-refractivity contribution in [3.63, 3.8) is 0 Å². The summed E-state index contributed by atoms with van der Waals surface area (Å²) in [5.41, 5.74) is 0.0656. The second-order valence-corrected chi connectivity index (χ2v) is 5.95. The van der Waals surface area contributed by atoms with Crippen LogP contribution in [0, 0.1) is 5.82 Å². The molecular formula is C15H21FN2O2. The Morgan fingerprint density at radius 1 is 1.40 bits per heavy atom. The Kier molecular flexibility index (Phi) is 4.28. The molecule has 1 heterocycles. The largest absolute Gasteiger partial charge is 0.444 e. The van der Waals surface area contributed by atoms with Crippen molar-refractivity contribution >= 4 is 6.09 Å². The number of nitrogens with one attached hydrogen (secondary N) is 1. The number of carbonyl (C=O) groups excluding carboxylic acids is 1. The van der Waals surface area contributed by atoms with E-state index in [-0.39, 0.29) is 18.0 Å². The van der Waals surface area contributed by atoms with Crippen LogP contribution in [-0.2, 0) is 4.74 Å². The molecule has 1 N–H and O–H groups in total. The van der Waals surface area contributed by atoms with Gasteiger partial charge in [-0.25, -0.2) is 9.18 Å². The van der Waals surface area contributed by atoms with Crippen LogP contribution in [0.25, 0.3) is 0 Å². The molecule has 1 saturated heterocycles. The smallest absolute Gasteiger partial charge is 0.410 e. The third-order valence-electron chi connectivity index (χ3n) is 3.11. The minimum Gasteiger partial charge on any atom is -0.444 e. The van der Waals surface area contributed by atoms with Gasteiger partial charge in [-0.15, -0.1) is 0 Å². The van der Waals surface area contributed by atoms with Crippen molar-refractivity contribution in [2.75, 3.05) is 19.6 Å². The van der Waals surface area contributed by atoms with Crippen LogP contribution >= 0.6 is 0 Å². The molecule has 0 spiro atoms. The summed E-state index contributed by atoms with van der Waals surface area (Å²) < 4.78 is 19.2. The highest BCUT2D eigenvalue weighted by Gasteiger charge is 2.28. The molecule has 0 radical (unpaired) electrons.